The summed E-state index contributed by atoms with van der Waals surface area (Å²) < 4.78 is 42.2. The Morgan fingerprint density at radius 3 is 2.18 bits per heavy atom. The predicted octanol–water partition coefficient (Wildman–Crippen LogP) is 5.55. The van der Waals surface area contributed by atoms with Crippen LogP contribution in [0.4, 0.5) is 30.8 Å². The number of aromatic nitrogens is 3. The summed E-state index contributed by atoms with van der Waals surface area (Å²) in [6, 6.07) is 12.0. The first-order valence-electron chi connectivity index (χ1n) is 9.72. The Morgan fingerprint density at radius 2 is 1.61 bits per heavy atom. The minimum atomic E-state index is -4.57. The summed E-state index contributed by atoms with van der Waals surface area (Å²) in [7, 11) is 0. The molecule has 8 nitrogen and oxygen atoms in total. The number of alkyl halides is 3. The van der Waals surface area contributed by atoms with Gasteiger partial charge in [-0.2, -0.15) is 28.1 Å². The molecule has 33 heavy (non-hydrogen) atoms. The second kappa shape index (κ2) is 11.9. The number of carbonyl (C=O) groups is 1. The van der Waals surface area contributed by atoms with Crippen LogP contribution in [-0.4, -0.2) is 38.8 Å². The average Bonchev–Trinajstić information content (AvgIpc) is 2.78. The standard InChI is InChI=1S/C19H15ClF3N5O3.C2H6/c20-13-5-1-11(2-6-13)9-24-16-26-17(28-18(27-16)31-10-19(21,22)23)25-14-7-3-12(4-8-14)15(29)30;1-2/h1-8H,9-10H2,(H,29,30)(H2,24,25,26,27,28);1-2H3. The lowest BCUT2D eigenvalue weighted by molar-refractivity contribution is -0.154. The number of hydrogen-bond donors (Lipinski definition) is 3. The van der Waals surface area contributed by atoms with Gasteiger partial charge in [0.15, 0.2) is 6.61 Å². The molecule has 0 radical (unpaired) electrons. The molecular formula is C21H21ClF3N5O3. The molecule has 3 rings (SSSR count). The van der Waals surface area contributed by atoms with Crippen molar-refractivity contribution in [2.24, 2.45) is 0 Å². The van der Waals surface area contributed by atoms with Gasteiger partial charge in [-0.1, -0.05) is 37.6 Å². The molecule has 0 saturated heterocycles. The molecule has 0 saturated carbocycles. The number of carboxylic acids is 1. The Labute approximate surface area is 192 Å². The molecule has 0 bridgehead atoms. The molecule has 3 N–H and O–H groups in total. The Hall–Kier alpha value is -3.60. The molecule has 2 aromatic carbocycles. The molecule has 0 unspecified atom stereocenters. The van der Waals surface area contributed by atoms with Crippen LogP contribution in [-0.2, 0) is 6.54 Å². The number of halogens is 4. The van der Waals surface area contributed by atoms with Crippen LogP contribution in [0.3, 0.4) is 0 Å². The Morgan fingerprint density at radius 1 is 1.00 bits per heavy atom. The second-order valence-corrected chi connectivity index (χ2v) is 6.59. The average molecular weight is 484 g/mol. The fourth-order valence-corrected chi connectivity index (χ4v) is 2.44. The van der Waals surface area contributed by atoms with E-state index in [0.717, 1.165) is 5.56 Å². The van der Waals surface area contributed by atoms with Crippen LogP contribution in [0.25, 0.3) is 0 Å². The number of ether oxygens (including phenoxy) is 1. The quantitative estimate of drug-likeness (QED) is 0.383. The molecule has 0 aliphatic carbocycles. The summed E-state index contributed by atoms with van der Waals surface area (Å²) in [5, 5.41) is 15.2. The lowest BCUT2D eigenvalue weighted by Gasteiger charge is -2.12. The molecule has 0 spiro atoms. The van der Waals surface area contributed by atoms with Crippen LogP contribution in [0.1, 0.15) is 29.8 Å². The zero-order valence-electron chi connectivity index (χ0n) is 17.7. The molecule has 0 aliphatic rings. The number of nitrogens with one attached hydrogen (secondary N) is 2. The van der Waals surface area contributed by atoms with E-state index in [9.17, 15) is 18.0 Å². The Balaban J connectivity index is 0.00000187. The second-order valence-electron chi connectivity index (χ2n) is 6.16. The van der Waals surface area contributed by atoms with Gasteiger partial charge >= 0.3 is 18.2 Å². The van der Waals surface area contributed by atoms with Gasteiger partial charge in [0.25, 0.3) is 0 Å². The van der Waals surface area contributed by atoms with Crippen molar-refractivity contribution >= 4 is 35.2 Å². The zero-order valence-corrected chi connectivity index (χ0v) is 18.4. The lowest BCUT2D eigenvalue weighted by Crippen LogP contribution is -2.21. The lowest BCUT2D eigenvalue weighted by atomic mass is 10.2. The van der Waals surface area contributed by atoms with Crippen molar-refractivity contribution in [3.63, 3.8) is 0 Å². The van der Waals surface area contributed by atoms with Crippen molar-refractivity contribution in [2.45, 2.75) is 26.6 Å². The monoisotopic (exact) mass is 483 g/mol. The van der Waals surface area contributed by atoms with E-state index in [-0.39, 0.29) is 24.0 Å². The summed E-state index contributed by atoms with van der Waals surface area (Å²) in [5.74, 6) is -1.20. The maximum atomic E-state index is 12.5. The van der Waals surface area contributed by atoms with Gasteiger partial charge < -0.3 is 20.5 Å². The minimum Gasteiger partial charge on any atom is -0.478 e. The van der Waals surface area contributed by atoms with Crippen LogP contribution in [0.5, 0.6) is 6.01 Å². The van der Waals surface area contributed by atoms with Crippen LogP contribution in [0.15, 0.2) is 48.5 Å². The van der Waals surface area contributed by atoms with Gasteiger partial charge in [-0.05, 0) is 42.0 Å². The highest BCUT2D eigenvalue weighted by atomic mass is 35.5. The summed E-state index contributed by atoms with van der Waals surface area (Å²) >= 11 is 5.84. The Bertz CT molecular complexity index is 1050. The van der Waals surface area contributed by atoms with E-state index >= 15 is 0 Å². The molecule has 0 amide bonds. The van der Waals surface area contributed by atoms with E-state index in [1.807, 2.05) is 13.8 Å². The number of benzene rings is 2. The van der Waals surface area contributed by atoms with Crippen molar-refractivity contribution in [1.29, 1.82) is 0 Å². The van der Waals surface area contributed by atoms with Crippen LogP contribution in [0.2, 0.25) is 5.02 Å². The van der Waals surface area contributed by atoms with Crippen LogP contribution < -0.4 is 15.4 Å². The molecule has 1 heterocycles. The number of anilines is 3. The first-order valence-corrected chi connectivity index (χ1v) is 10.1. The topological polar surface area (TPSA) is 109 Å². The third-order valence-electron chi connectivity index (χ3n) is 3.73. The van der Waals surface area contributed by atoms with E-state index in [4.69, 9.17) is 16.7 Å². The van der Waals surface area contributed by atoms with Gasteiger partial charge in [0, 0.05) is 17.3 Å². The largest absolute Gasteiger partial charge is 0.478 e. The summed E-state index contributed by atoms with van der Waals surface area (Å²) in [5.41, 5.74) is 1.32. The summed E-state index contributed by atoms with van der Waals surface area (Å²) in [4.78, 5) is 22.7. The van der Waals surface area contributed by atoms with E-state index in [1.54, 1.807) is 24.3 Å². The van der Waals surface area contributed by atoms with Crippen molar-refractivity contribution in [1.82, 2.24) is 15.0 Å². The van der Waals surface area contributed by atoms with Gasteiger partial charge in [-0.15, -0.1) is 0 Å². The molecule has 176 valence electrons. The normalized spacial score (nSPS) is 10.6. The summed E-state index contributed by atoms with van der Waals surface area (Å²) in [6.45, 7) is 2.70. The molecule has 1 aromatic heterocycles. The smallest absolute Gasteiger partial charge is 0.422 e. The highest BCUT2D eigenvalue weighted by Crippen LogP contribution is 2.20. The number of rotatable bonds is 8. The minimum absolute atomic E-state index is 0.0215. The third kappa shape index (κ3) is 8.81. The first-order chi connectivity index (χ1) is 15.7. The van der Waals surface area contributed by atoms with Crippen LogP contribution >= 0.6 is 11.6 Å². The molecular weight excluding hydrogens is 463 g/mol. The van der Waals surface area contributed by atoms with Gasteiger partial charge in [-0.25, -0.2) is 4.79 Å². The fraction of sp³-hybridized carbons (Fsp3) is 0.238. The highest BCUT2D eigenvalue weighted by Gasteiger charge is 2.29. The molecule has 0 fully saturated rings. The predicted molar refractivity (Wildman–Crippen MR) is 118 cm³/mol. The summed E-state index contributed by atoms with van der Waals surface area (Å²) in [6.07, 6.45) is -4.57. The molecule has 12 heteroatoms. The zero-order chi connectivity index (χ0) is 24.4. The third-order valence-corrected chi connectivity index (χ3v) is 3.98. The number of aromatic carboxylic acids is 1. The van der Waals surface area contributed by atoms with Gasteiger partial charge in [0.05, 0.1) is 5.56 Å². The van der Waals surface area contributed by atoms with E-state index in [2.05, 4.69) is 30.3 Å². The maximum absolute atomic E-state index is 12.5. The molecule has 0 aliphatic heterocycles. The molecule has 3 aromatic rings. The first kappa shape index (κ1) is 25.7. The number of carboxylic acid groups (broad SMARTS) is 1. The van der Waals surface area contributed by atoms with Gasteiger partial charge in [-0.3, -0.25) is 0 Å². The van der Waals surface area contributed by atoms with Crippen molar-refractivity contribution in [2.75, 3.05) is 17.2 Å². The SMILES string of the molecule is CC.O=C(O)c1ccc(Nc2nc(NCc3ccc(Cl)cc3)nc(OCC(F)(F)F)n2)cc1. The number of hydrogen-bond acceptors (Lipinski definition) is 7. The molecule has 0 atom stereocenters. The van der Waals surface area contributed by atoms with Crippen molar-refractivity contribution < 1.29 is 27.8 Å². The number of nitrogens with zero attached hydrogens (tertiary/aromatic N) is 3. The Kier molecular flexibility index (Phi) is 9.22. The van der Waals surface area contributed by atoms with E-state index in [1.165, 1.54) is 24.3 Å². The highest BCUT2D eigenvalue weighted by molar-refractivity contribution is 6.30. The maximum Gasteiger partial charge on any atom is 0.422 e. The van der Waals surface area contributed by atoms with E-state index < -0.39 is 24.8 Å². The van der Waals surface area contributed by atoms with Crippen molar-refractivity contribution in [3.05, 3.63) is 64.7 Å². The fourth-order valence-electron chi connectivity index (χ4n) is 2.31. The van der Waals surface area contributed by atoms with Gasteiger partial charge in [0.2, 0.25) is 11.9 Å². The van der Waals surface area contributed by atoms with Crippen LogP contribution in [0, 0.1) is 0 Å². The van der Waals surface area contributed by atoms with Gasteiger partial charge in [0.1, 0.15) is 0 Å². The van der Waals surface area contributed by atoms with Crippen molar-refractivity contribution in [3.8, 4) is 6.01 Å². The van der Waals surface area contributed by atoms with E-state index in [0.29, 0.717) is 10.7 Å².